The molecule has 0 aliphatic heterocycles. The zero-order chi connectivity index (χ0) is 16.3. The zero-order valence-electron chi connectivity index (χ0n) is 12.4. The summed E-state index contributed by atoms with van der Waals surface area (Å²) in [6, 6.07) is 11.9. The van der Waals surface area contributed by atoms with Gasteiger partial charge in [0, 0.05) is 6.54 Å². The minimum absolute atomic E-state index is 0.241. The van der Waals surface area contributed by atoms with E-state index >= 15 is 0 Å². The Balaban J connectivity index is 2.48. The Morgan fingerprint density at radius 2 is 1.82 bits per heavy atom. The number of rotatable bonds is 4. The van der Waals surface area contributed by atoms with Crippen molar-refractivity contribution in [1.82, 2.24) is 0 Å². The van der Waals surface area contributed by atoms with Gasteiger partial charge in [0.15, 0.2) is 0 Å². The fraction of sp³-hybridized carbons (Fsp3) is 0.294. The Morgan fingerprint density at radius 1 is 1.09 bits per heavy atom. The van der Waals surface area contributed by atoms with Gasteiger partial charge in [-0.05, 0) is 40.3 Å². The predicted octanol–water partition coefficient (Wildman–Crippen LogP) is 4.83. The average molecular weight is 309 g/mol. The van der Waals surface area contributed by atoms with E-state index in [-0.39, 0.29) is 12.3 Å². The number of alkyl halides is 3. The van der Waals surface area contributed by atoms with Crippen LogP contribution >= 0.6 is 0 Å². The second-order valence-corrected chi connectivity index (χ2v) is 5.35. The van der Waals surface area contributed by atoms with E-state index in [2.05, 4.69) is 18.6 Å². The molecule has 0 aliphatic rings. The van der Waals surface area contributed by atoms with Crippen LogP contribution in [0, 0.1) is 0 Å². The van der Waals surface area contributed by atoms with Gasteiger partial charge in [-0.2, -0.15) is 0 Å². The number of benzene rings is 2. The molecular formula is C17H18F3NO. The molecule has 2 aromatic carbocycles. The largest absolute Gasteiger partial charge is 0.573 e. The molecule has 2 nitrogen and oxygen atoms in total. The van der Waals surface area contributed by atoms with Crippen LogP contribution in [0.3, 0.4) is 0 Å². The molecule has 0 fully saturated rings. The molecule has 0 aromatic heterocycles. The summed E-state index contributed by atoms with van der Waals surface area (Å²) >= 11 is 0. The molecule has 0 atom stereocenters. The van der Waals surface area contributed by atoms with Crippen LogP contribution in [0.4, 0.5) is 13.2 Å². The first-order chi connectivity index (χ1) is 10.3. The quantitative estimate of drug-likeness (QED) is 0.877. The third-order valence-corrected chi connectivity index (χ3v) is 3.40. The lowest BCUT2D eigenvalue weighted by atomic mass is 9.94. The molecule has 5 heteroatoms. The summed E-state index contributed by atoms with van der Waals surface area (Å²) in [4.78, 5) is 0. The van der Waals surface area contributed by atoms with Crippen LogP contribution in [-0.2, 0) is 6.54 Å². The van der Waals surface area contributed by atoms with Gasteiger partial charge in [0.05, 0.1) is 0 Å². The van der Waals surface area contributed by atoms with E-state index in [0.717, 1.165) is 16.7 Å². The number of nitrogens with two attached hydrogens (primary N) is 1. The summed E-state index contributed by atoms with van der Waals surface area (Å²) in [6.45, 7) is 4.37. The molecule has 2 N–H and O–H groups in total. The van der Waals surface area contributed by atoms with Crippen LogP contribution in [0.2, 0.25) is 0 Å². The van der Waals surface area contributed by atoms with E-state index in [9.17, 15) is 13.2 Å². The van der Waals surface area contributed by atoms with Gasteiger partial charge < -0.3 is 10.5 Å². The third kappa shape index (κ3) is 4.01. The maximum atomic E-state index is 12.4. The second kappa shape index (κ2) is 6.40. The summed E-state index contributed by atoms with van der Waals surface area (Å²) in [5.74, 6) is 0.0885. The minimum atomic E-state index is -4.71. The van der Waals surface area contributed by atoms with Crippen molar-refractivity contribution in [1.29, 1.82) is 0 Å². The molecular weight excluding hydrogens is 291 g/mol. The van der Waals surface area contributed by atoms with Gasteiger partial charge in [-0.3, -0.25) is 0 Å². The van der Waals surface area contributed by atoms with Crippen LogP contribution in [0.5, 0.6) is 5.75 Å². The highest BCUT2D eigenvalue weighted by Gasteiger charge is 2.31. The van der Waals surface area contributed by atoms with E-state index in [4.69, 9.17) is 5.73 Å². The third-order valence-electron chi connectivity index (χ3n) is 3.40. The van der Waals surface area contributed by atoms with E-state index < -0.39 is 6.36 Å². The van der Waals surface area contributed by atoms with Gasteiger partial charge in [0.25, 0.3) is 0 Å². The summed E-state index contributed by atoms with van der Waals surface area (Å²) < 4.78 is 41.1. The summed E-state index contributed by atoms with van der Waals surface area (Å²) in [5.41, 5.74) is 9.08. The normalized spacial score (nSPS) is 11.8. The molecule has 0 saturated heterocycles. The molecule has 0 bridgehead atoms. The fourth-order valence-corrected chi connectivity index (χ4v) is 2.26. The van der Waals surface area contributed by atoms with Crippen molar-refractivity contribution in [3.63, 3.8) is 0 Å². The van der Waals surface area contributed by atoms with Gasteiger partial charge in [-0.25, -0.2) is 0 Å². The highest BCUT2D eigenvalue weighted by atomic mass is 19.4. The number of hydrogen-bond acceptors (Lipinski definition) is 2. The van der Waals surface area contributed by atoms with E-state index in [0.29, 0.717) is 11.5 Å². The molecule has 118 valence electrons. The standard InChI is InChI=1S/C17H18F3NO/c1-11(2)12-4-3-5-13(8-12)16-9-15(22-17(18,19)20)7-6-14(16)10-21/h3-9,11H,10,21H2,1-2H3. The smallest absolute Gasteiger partial charge is 0.406 e. The van der Waals surface area contributed by atoms with Crippen LogP contribution in [0.25, 0.3) is 11.1 Å². The van der Waals surface area contributed by atoms with Crippen LogP contribution in [0.15, 0.2) is 42.5 Å². The molecule has 22 heavy (non-hydrogen) atoms. The first-order valence-electron chi connectivity index (χ1n) is 6.99. The molecule has 2 rings (SSSR count). The van der Waals surface area contributed by atoms with Crippen molar-refractivity contribution in [3.05, 3.63) is 53.6 Å². The maximum absolute atomic E-state index is 12.4. The average Bonchev–Trinajstić information content (AvgIpc) is 2.45. The number of halogens is 3. The minimum Gasteiger partial charge on any atom is -0.406 e. The van der Waals surface area contributed by atoms with Crippen LogP contribution < -0.4 is 10.5 Å². The summed E-state index contributed by atoms with van der Waals surface area (Å²) in [6.07, 6.45) is -4.71. The van der Waals surface area contributed by atoms with Crippen molar-refractivity contribution in [2.45, 2.75) is 32.7 Å². The van der Waals surface area contributed by atoms with Crippen molar-refractivity contribution in [2.75, 3.05) is 0 Å². The number of ether oxygens (including phenoxy) is 1. The Bertz CT molecular complexity index is 651. The molecule has 0 unspecified atom stereocenters. The van der Waals surface area contributed by atoms with Crippen molar-refractivity contribution in [2.24, 2.45) is 5.73 Å². The number of hydrogen-bond donors (Lipinski definition) is 1. The highest BCUT2D eigenvalue weighted by molar-refractivity contribution is 5.69. The lowest BCUT2D eigenvalue weighted by Gasteiger charge is -2.14. The van der Waals surface area contributed by atoms with Crippen molar-refractivity contribution in [3.8, 4) is 16.9 Å². The van der Waals surface area contributed by atoms with E-state index in [1.807, 2.05) is 24.3 Å². The lowest BCUT2D eigenvalue weighted by molar-refractivity contribution is -0.274. The van der Waals surface area contributed by atoms with Gasteiger partial charge in [0.1, 0.15) is 5.75 Å². The fourth-order valence-electron chi connectivity index (χ4n) is 2.26. The van der Waals surface area contributed by atoms with E-state index in [1.165, 1.54) is 12.1 Å². The summed E-state index contributed by atoms with van der Waals surface area (Å²) in [5, 5.41) is 0. The maximum Gasteiger partial charge on any atom is 0.573 e. The highest BCUT2D eigenvalue weighted by Crippen LogP contribution is 2.32. The molecule has 0 spiro atoms. The summed E-state index contributed by atoms with van der Waals surface area (Å²) in [7, 11) is 0. The second-order valence-electron chi connectivity index (χ2n) is 5.35. The van der Waals surface area contributed by atoms with Gasteiger partial charge in [-0.1, -0.05) is 44.2 Å². The molecule has 2 aromatic rings. The van der Waals surface area contributed by atoms with Gasteiger partial charge in [0.2, 0.25) is 0 Å². The lowest BCUT2D eigenvalue weighted by Crippen LogP contribution is -2.17. The Hall–Kier alpha value is -2.01. The molecule has 0 heterocycles. The van der Waals surface area contributed by atoms with Crippen molar-refractivity contribution < 1.29 is 17.9 Å². The molecule has 0 saturated carbocycles. The predicted molar refractivity (Wildman–Crippen MR) is 80.5 cm³/mol. The van der Waals surface area contributed by atoms with Gasteiger partial charge >= 0.3 is 6.36 Å². The molecule has 0 radical (unpaired) electrons. The monoisotopic (exact) mass is 309 g/mol. The van der Waals surface area contributed by atoms with Crippen LogP contribution in [0.1, 0.15) is 30.9 Å². The Labute approximate surface area is 127 Å². The Morgan fingerprint density at radius 3 is 2.41 bits per heavy atom. The molecule has 0 amide bonds. The molecule has 0 aliphatic carbocycles. The first-order valence-corrected chi connectivity index (χ1v) is 6.99. The van der Waals surface area contributed by atoms with Gasteiger partial charge in [-0.15, -0.1) is 13.2 Å². The SMILES string of the molecule is CC(C)c1cccc(-c2cc(OC(F)(F)F)ccc2CN)c1. The van der Waals surface area contributed by atoms with Crippen LogP contribution in [-0.4, -0.2) is 6.36 Å². The van der Waals surface area contributed by atoms with Crippen molar-refractivity contribution >= 4 is 0 Å². The first kappa shape index (κ1) is 16.4. The van der Waals surface area contributed by atoms with E-state index in [1.54, 1.807) is 6.07 Å². The Kier molecular flexibility index (Phi) is 4.76. The topological polar surface area (TPSA) is 35.2 Å². The zero-order valence-corrected chi connectivity index (χ0v) is 12.4.